The van der Waals surface area contributed by atoms with Crippen LogP contribution in [0.1, 0.15) is 23.6 Å². The normalized spacial score (nSPS) is 20.5. The summed E-state index contributed by atoms with van der Waals surface area (Å²) in [6, 6.07) is 8.64. The Kier molecular flexibility index (Phi) is 2.03. The molecular weight excluding hydrogens is 160 g/mol. The van der Waals surface area contributed by atoms with Crippen molar-refractivity contribution in [2.75, 3.05) is 0 Å². The number of nitriles is 1. The fourth-order valence-corrected chi connectivity index (χ4v) is 1.74. The summed E-state index contributed by atoms with van der Waals surface area (Å²) >= 11 is 0. The lowest BCUT2D eigenvalue weighted by atomic mass is 9.95. The highest BCUT2D eigenvalue weighted by atomic mass is 14.9. The molecule has 1 N–H and O–H groups in total. The van der Waals surface area contributed by atoms with Gasteiger partial charge >= 0.3 is 0 Å². The van der Waals surface area contributed by atoms with E-state index in [0.717, 1.165) is 18.5 Å². The van der Waals surface area contributed by atoms with Gasteiger partial charge in [-0.05, 0) is 36.6 Å². The highest BCUT2D eigenvalue weighted by molar-refractivity contribution is 5.39. The highest BCUT2D eigenvalue weighted by Crippen LogP contribution is 2.17. The van der Waals surface area contributed by atoms with Gasteiger partial charge in [-0.3, -0.25) is 0 Å². The summed E-state index contributed by atoms with van der Waals surface area (Å²) in [5.41, 5.74) is 3.43. The van der Waals surface area contributed by atoms with Crippen molar-refractivity contribution in [3.63, 3.8) is 0 Å². The average Bonchev–Trinajstić information content (AvgIpc) is 2.16. The van der Waals surface area contributed by atoms with E-state index >= 15 is 0 Å². The van der Waals surface area contributed by atoms with Crippen LogP contribution in [0.5, 0.6) is 0 Å². The Morgan fingerprint density at radius 3 is 3.08 bits per heavy atom. The van der Waals surface area contributed by atoms with Gasteiger partial charge in [-0.2, -0.15) is 5.26 Å². The fourth-order valence-electron chi connectivity index (χ4n) is 1.74. The van der Waals surface area contributed by atoms with Gasteiger partial charge in [-0.15, -0.1) is 0 Å². The van der Waals surface area contributed by atoms with Crippen LogP contribution in [0.4, 0.5) is 0 Å². The third-order valence-corrected chi connectivity index (χ3v) is 2.50. The minimum atomic E-state index is 0.529. The van der Waals surface area contributed by atoms with E-state index in [9.17, 15) is 0 Å². The van der Waals surface area contributed by atoms with E-state index in [4.69, 9.17) is 5.26 Å². The van der Waals surface area contributed by atoms with E-state index < -0.39 is 0 Å². The molecule has 0 aliphatic carbocycles. The molecule has 0 radical (unpaired) electrons. The van der Waals surface area contributed by atoms with Crippen LogP contribution in [0.3, 0.4) is 0 Å². The number of hydrogen-bond donors (Lipinski definition) is 1. The van der Waals surface area contributed by atoms with Crippen LogP contribution in [0, 0.1) is 11.3 Å². The summed E-state index contributed by atoms with van der Waals surface area (Å²) in [6.07, 6.45) is 1.03. The highest BCUT2D eigenvalue weighted by Gasteiger charge is 2.13. The molecule has 2 nitrogen and oxygen atoms in total. The standard InChI is InChI=1S/C11H12N2/c1-8-4-11-5-9(6-12)2-3-10(11)7-13-8/h2-3,5,8,13H,4,7H2,1H3/t8-/m1/s1. The molecule has 1 aromatic carbocycles. The molecule has 13 heavy (non-hydrogen) atoms. The van der Waals surface area contributed by atoms with E-state index in [2.05, 4.69) is 18.3 Å². The Hall–Kier alpha value is -1.33. The Labute approximate surface area is 78.2 Å². The topological polar surface area (TPSA) is 35.8 Å². The maximum Gasteiger partial charge on any atom is 0.0991 e. The minimum Gasteiger partial charge on any atom is -0.310 e. The van der Waals surface area contributed by atoms with E-state index in [-0.39, 0.29) is 0 Å². The van der Waals surface area contributed by atoms with Crippen molar-refractivity contribution in [1.82, 2.24) is 5.32 Å². The number of hydrogen-bond acceptors (Lipinski definition) is 2. The van der Waals surface area contributed by atoms with Crippen molar-refractivity contribution < 1.29 is 0 Å². The van der Waals surface area contributed by atoms with Crippen molar-refractivity contribution >= 4 is 0 Å². The lowest BCUT2D eigenvalue weighted by Gasteiger charge is -2.22. The molecule has 0 saturated heterocycles. The summed E-state index contributed by atoms with van der Waals surface area (Å²) in [6.45, 7) is 3.10. The number of rotatable bonds is 0. The van der Waals surface area contributed by atoms with Gasteiger partial charge in [0.25, 0.3) is 0 Å². The van der Waals surface area contributed by atoms with Crippen molar-refractivity contribution in [2.45, 2.75) is 25.9 Å². The molecule has 2 heteroatoms. The largest absolute Gasteiger partial charge is 0.310 e. The lowest BCUT2D eigenvalue weighted by molar-refractivity contribution is 0.513. The molecule has 0 aromatic heterocycles. The first-order valence-electron chi connectivity index (χ1n) is 4.55. The predicted octanol–water partition coefficient (Wildman–Crippen LogP) is 1.59. The SMILES string of the molecule is C[C@@H]1Cc2cc(C#N)ccc2CN1. The summed E-state index contributed by atoms with van der Waals surface area (Å²) in [4.78, 5) is 0. The average molecular weight is 172 g/mol. The molecule has 0 saturated carbocycles. The second kappa shape index (κ2) is 3.20. The Morgan fingerprint density at radius 2 is 2.31 bits per heavy atom. The first-order chi connectivity index (χ1) is 6.29. The molecule has 0 spiro atoms. The van der Waals surface area contributed by atoms with Crippen molar-refractivity contribution in [2.24, 2.45) is 0 Å². The van der Waals surface area contributed by atoms with Crippen LogP contribution >= 0.6 is 0 Å². The van der Waals surface area contributed by atoms with E-state index in [1.165, 1.54) is 11.1 Å². The Morgan fingerprint density at radius 1 is 1.46 bits per heavy atom. The molecule has 1 aliphatic rings. The molecule has 0 amide bonds. The first kappa shape index (κ1) is 8.28. The summed E-state index contributed by atoms with van der Waals surface area (Å²) in [7, 11) is 0. The molecule has 1 atom stereocenters. The van der Waals surface area contributed by atoms with Crippen LogP contribution in [0.15, 0.2) is 18.2 Å². The van der Waals surface area contributed by atoms with Gasteiger partial charge in [0.05, 0.1) is 11.6 Å². The maximum absolute atomic E-state index is 8.74. The Balaban J connectivity index is 2.39. The van der Waals surface area contributed by atoms with Gasteiger partial charge in [0.15, 0.2) is 0 Å². The molecule has 0 bridgehead atoms. The van der Waals surface area contributed by atoms with Crippen LogP contribution in [-0.4, -0.2) is 6.04 Å². The van der Waals surface area contributed by atoms with E-state index in [0.29, 0.717) is 6.04 Å². The Bertz CT molecular complexity index is 363. The summed E-state index contributed by atoms with van der Waals surface area (Å²) < 4.78 is 0. The van der Waals surface area contributed by atoms with Crippen molar-refractivity contribution in [3.05, 3.63) is 34.9 Å². The zero-order valence-electron chi connectivity index (χ0n) is 7.67. The quantitative estimate of drug-likeness (QED) is 0.645. The maximum atomic E-state index is 8.74. The lowest BCUT2D eigenvalue weighted by Crippen LogP contribution is -2.32. The molecular formula is C11H12N2. The van der Waals surface area contributed by atoms with Crippen LogP contribution < -0.4 is 5.32 Å². The number of nitrogens with one attached hydrogen (secondary N) is 1. The fraction of sp³-hybridized carbons (Fsp3) is 0.364. The summed E-state index contributed by atoms with van der Waals surface area (Å²) in [5, 5.41) is 12.1. The predicted molar refractivity (Wildman–Crippen MR) is 51.2 cm³/mol. The molecule has 0 unspecified atom stereocenters. The monoisotopic (exact) mass is 172 g/mol. The smallest absolute Gasteiger partial charge is 0.0991 e. The second-order valence-corrected chi connectivity index (χ2v) is 3.58. The van der Waals surface area contributed by atoms with Gasteiger partial charge < -0.3 is 5.32 Å². The molecule has 0 fully saturated rings. The van der Waals surface area contributed by atoms with Gasteiger partial charge in [0.2, 0.25) is 0 Å². The number of fused-ring (bicyclic) bond motifs is 1. The van der Waals surface area contributed by atoms with Gasteiger partial charge in [0.1, 0.15) is 0 Å². The molecule has 66 valence electrons. The van der Waals surface area contributed by atoms with Gasteiger partial charge in [-0.25, -0.2) is 0 Å². The first-order valence-corrected chi connectivity index (χ1v) is 4.55. The number of benzene rings is 1. The van der Waals surface area contributed by atoms with Crippen LogP contribution in [0.25, 0.3) is 0 Å². The minimum absolute atomic E-state index is 0.529. The van der Waals surface area contributed by atoms with Gasteiger partial charge in [-0.1, -0.05) is 6.07 Å². The molecule has 1 aliphatic heterocycles. The number of nitrogens with zero attached hydrogens (tertiary/aromatic N) is 1. The second-order valence-electron chi connectivity index (χ2n) is 3.58. The van der Waals surface area contributed by atoms with Crippen molar-refractivity contribution in [3.8, 4) is 6.07 Å². The van der Waals surface area contributed by atoms with Crippen molar-refractivity contribution in [1.29, 1.82) is 5.26 Å². The third kappa shape index (κ3) is 1.56. The molecule has 2 rings (SSSR count). The van der Waals surface area contributed by atoms with Crippen LogP contribution in [-0.2, 0) is 13.0 Å². The van der Waals surface area contributed by atoms with Gasteiger partial charge in [0, 0.05) is 12.6 Å². The summed E-state index contributed by atoms with van der Waals surface area (Å²) in [5.74, 6) is 0. The third-order valence-electron chi connectivity index (χ3n) is 2.50. The van der Waals surface area contributed by atoms with Crippen LogP contribution in [0.2, 0.25) is 0 Å². The van der Waals surface area contributed by atoms with E-state index in [1.807, 2.05) is 18.2 Å². The zero-order valence-corrected chi connectivity index (χ0v) is 7.67. The molecule has 1 aromatic rings. The molecule has 1 heterocycles. The zero-order chi connectivity index (χ0) is 9.26. The van der Waals surface area contributed by atoms with E-state index in [1.54, 1.807) is 0 Å².